The molecular formula is C24H27N3O2S. The van der Waals surface area contributed by atoms with Gasteiger partial charge in [-0.15, -0.1) is 11.3 Å². The summed E-state index contributed by atoms with van der Waals surface area (Å²) in [7, 11) is 0. The van der Waals surface area contributed by atoms with E-state index in [1.807, 2.05) is 36.6 Å². The van der Waals surface area contributed by atoms with E-state index < -0.39 is 0 Å². The molecule has 0 aliphatic carbocycles. The molecule has 0 aliphatic rings. The molecule has 0 aliphatic heterocycles. The summed E-state index contributed by atoms with van der Waals surface area (Å²) < 4.78 is 0. The van der Waals surface area contributed by atoms with Crippen molar-refractivity contribution in [2.45, 2.75) is 47.1 Å². The summed E-state index contributed by atoms with van der Waals surface area (Å²) in [6.45, 7) is 9.69. The minimum Gasteiger partial charge on any atom is -0.349 e. The lowest BCUT2D eigenvalue weighted by Gasteiger charge is -2.18. The van der Waals surface area contributed by atoms with Crippen LogP contribution in [0.15, 0.2) is 41.8 Å². The second-order valence-electron chi connectivity index (χ2n) is 7.73. The molecule has 30 heavy (non-hydrogen) atoms. The van der Waals surface area contributed by atoms with E-state index in [1.54, 1.807) is 0 Å². The van der Waals surface area contributed by atoms with Crippen LogP contribution >= 0.6 is 11.3 Å². The van der Waals surface area contributed by atoms with Gasteiger partial charge in [0.2, 0.25) is 11.8 Å². The first-order chi connectivity index (χ1) is 14.2. The molecule has 0 saturated heterocycles. The Morgan fingerprint density at radius 1 is 1.00 bits per heavy atom. The Kier molecular flexibility index (Phi) is 6.67. The molecule has 1 atom stereocenters. The van der Waals surface area contributed by atoms with E-state index in [0.717, 1.165) is 22.4 Å². The Morgan fingerprint density at radius 2 is 1.63 bits per heavy atom. The molecule has 1 heterocycles. The molecule has 2 N–H and O–H groups in total. The summed E-state index contributed by atoms with van der Waals surface area (Å²) in [5.41, 5.74) is 7.55. The number of benzene rings is 2. The lowest BCUT2D eigenvalue weighted by Crippen LogP contribution is -2.29. The lowest BCUT2D eigenvalue weighted by molar-refractivity contribution is -0.120. The SMILES string of the molecule is CC(=O)NC(CC(=O)Nc1nc(-c2c(C)cc(C)cc2C)cs1)c1ccc(C)cc1. The van der Waals surface area contributed by atoms with E-state index in [0.29, 0.717) is 5.13 Å². The third-order valence-corrected chi connectivity index (χ3v) is 5.69. The number of hydrogen-bond donors (Lipinski definition) is 2. The van der Waals surface area contributed by atoms with Gasteiger partial charge >= 0.3 is 0 Å². The van der Waals surface area contributed by atoms with Gasteiger partial charge in [-0.2, -0.15) is 0 Å². The van der Waals surface area contributed by atoms with E-state index in [1.165, 1.54) is 35.0 Å². The summed E-state index contributed by atoms with van der Waals surface area (Å²) >= 11 is 1.40. The van der Waals surface area contributed by atoms with Crippen LogP contribution in [0.5, 0.6) is 0 Å². The van der Waals surface area contributed by atoms with Crippen LogP contribution in [0, 0.1) is 27.7 Å². The van der Waals surface area contributed by atoms with E-state index in [2.05, 4.69) is 48.5 Å². The van der Waals surface area contributed by atoms with E-state index in [-0.39, 0.29) is 24.3 Å². The number of thiazole rings is 1. The zero-order valence-corrected chi connectivity index (χ0v) is 18.8. The number of nitrogens with zero attached hydrogens (tertiary/aromatic N) is 1. The number of aromatic nitrogens is 1. The van der Waals surface area contributed by atoms with Crippen LogP contribution in [0.1, 0.15) is 47.2 Å². The number of rotatable bonds is 6. The van der Waals surface area contributed by atoms with Crippen LogP contribution in [0.25, 0.3) is 11.3 Å². The van der Waals surface area contributed by atoms with Crippen molar-refractivity contribution in [3.05, 3.63) is 69.6 Å². The van der Waals surface area contributed by atoms with Crippen molar-refractivity contribution in [1.29, 1.82) is 0 Å². The van der Waals surface area contributed by atoms with Crippen LogP contribution in [0.3, 0.4) is 0 Å². The summed E-state index contributed by atoms with van der Waals surface area (Å²) in [5.74, 6) is -0.359. The molecular weight excluding hydrogens is 394 g/mol. The molecule has 0 saturated carbocycles. The molecule has 0 radical (unpaired) electrons. The number of anilines is 1. The maximum atomic E-state index is 12.7. The first kappa shape index (κ1) is 21.7. The van der Waals surface area contributed by atoms with Gasteiger partial charge in [-0.05, 0) is 44.4 Å². The topological polar surface area (TPSA) is 71.1 Å². The monoisotopic (exact) mass is 421 g/mol. The molecule has 0 bridgehead atoms. The summed E-state index contributed by atoms with van der Waals surface area (Å²) in [5, 5.41) is 8.27. The lowest BCUT2D eigenvalue weighted by atomic mass is 9.98. The number of amides is 2. The Hall–Kier alpha value is -2.99. The van der Waals surface area contributed by atoms with Crippen LogP contribution in [-0.2, 0) is 9.59 Å². The van der Waals surface area contributed by atoms with Gasteiger partial charge in [0.05, 0.1) is 18.2 Å². The second kappa shape index (κ2) is 9.22. The predicted octanol–water partition coefficient (Wildman–Crippen LogP) is 5.25. The molecule has 1 unspecified atom stereocenters. The fourth-order valence-electron chi connectivity index (χ4n) is 3.68. The normalized spacial score (nSPS) is 11.8. The summed E-state index contributed by atoms with van der Waals surface area (Å²) in [6, 6.07) is 11.7. The van der Waals surface area contributed by atoms with Crippen molar-refractivity contribution in [3.8, 4) is 11.3 Å². The largest absolute Gasteiger partial charge is 0.349 e. The third kappa shape index (κ3) is 5.33. The Bertz CT molecular complexity index is 1050. The molecule has 2 amide bonds. The minimum absolute atomic E-state index is 0.139. The zero-order chi connectivity index (χ0) is 21.8. The van der Waals surface area contributed by atoms with Gasteiger partial charge in [0.15, 0.2) is 5.13 Å². The van der Waals surface area contributed by atoms with Crippen LogP contribution in [0.2, 0.25) is 0 Å². The first-order valence-electron chi connectivity index (χ1n) is 9.90. The highest BCUT2D eigenvalue weighted by molar-refractivity contribution is 7.14. The smallest absolute Gasteiger partial charge is 0.228 e. The quantitative estimate of drug-likeness (QED) is 0.571. The predicted molar refractivity (Wildman–Crippen MR) is 123 cm³/mol. The Labute approximate surface area is 181 Å². The van der Waals surface area contributed by atoms with Crippen LogP contribution in [-0.4, -0.2) is 16.8 Å². The second-order valence-corrected chi connectivity index (χ2v) is 8.59. The first-order valence-corrected chi connectivity index (χ1v) is 10.8. The van der Waals surface area contributed by atoms with Crippen molar-refractivity contribution in [3.63, 3.8) is 0 Å². The molecule has 3 aromatic rings. The van der Waals surface area contributed by atoms with Crippen molar-refractivity contribution < 1.29 is 9.59 Å². The molecule has 1 aromatic heterocycles. The summed E-state index contributed by atoms with van der Waals surface area (Å²) in [6.07, 6.45) is 0.139. The zero-order valence-electron chi connectivity index (χ0n) is 18.0. The number of nitrogens with one attached hydrogen (secondary N) is 2. The highest BCUT2D eigenvalue weighted by Crippen LogP contribution is 2.31. The van der Waals surface area contributed by atoms with Crippen molar-refractivity contribution in [2.24, 2.45) is 0 Å². The summed E-state index contributed by atoms with van der Waals surface area (Å²) in [4.78, 5) is 28.9. The molecule has 156 valence electrons. The fourth-order valence-corrected chi connectivity index (χ4v) is 4.40. The maximum Gasteiger partial charge on any atom is 0.228 e. The van der Waals surface area contributed by atoms with Gasteiger partial charge in [-0.3, -0.25) is 9.59 Å². The maximum absolute atomic E-state index is 12.7. The van der Waals surface area contributed by atoms with Gasteiger partial charge < -0.3 is 10.6 Å². The fraction of sp³-hybridized carbons (Fsp3) is 0.292. The third-order valence-electron chi connectivity index (χ3n) is 4.93. The molecule has 0 fully saturated rings. The number of carbonyl (C=O) groups excluding carboxylic acids is 2. The molecule has 5 nitrogen and oxygen atoms in total. The molecule has 3 rings (SSSR count). The standard InChI is InChI=1S/C24H27N3O2S/c1-14-6-8-19(9-7-14)20(25-18(5)28)12-22(29)27-24-26-21(13-30-24)23-16(3)10-15(2)11-17(23)4/h6-11,13,20H,12H2,1-5H3,(H,25,28)(H,26,27,29). The average molecular weight is 422 g/mol. The molecule has 6 heteroatoms. The van der Waals surface area contributed by atoms with Gasteiger partial charge in [-0.25, -0.2) is 4.98 Å². The molecule has 2 aromatic carbocycles. The van der Waals surface area contributed by atoms with Crippen molar-refractivity contribution in [1.82, 2.24) is 10.3 Å². The van der Waals surface area contributed by atoms with Crippen LogP contribution < -0.4 is 10.6 Å². The Morgan fingerprint density at radius 3 is 2.23 bits per heavy atom. The minimum atomic E-state index is -0.385. The van der Waals surface area contributed by atoms with E-state index in [9.17, 15) is 9.59 Å². The van der Waals surface area contributed by atoms with E-state index in [4.69, 9.17) is 0 Å². The number of aryl methyl sites for hydroxylation is 4. The van der Waals surface area contributed by atoms with Crippen molar-refractivity contribution in [2.75, 3.05) is 5.32 Å². The number of carbonyl (C=O) groups is 2. The average Bonchev–Trinajstić information content (AvgIpc) is 3.08. The molecule has 0 spiro atoms. The van der Waals surface area contributed by atoms with Gasteiger partial charge in [0.25, 0.3) is 0 Å². The van der Waals surface area contributed by atoms with Gasteiger partial charge in [0.1, 0.15) is 0 Å². The number of hydrogen-bond acceptors (Lipinski definition) is 4. The van der Waals surface area contributed by atoms with Gasteiger partial charge in [0, 0.05) is 17.9 Å². The van der Waals surface area contributed by atoms with Crippen molar-refractivity contribution >= 4 is 28.3 Å². The highest BCUT2D eigenvalue weighted by atomic mass is 32.1. The van der Waals surface area contributed by atoms with E-state index >= 15 is 0 Å². The Balaban J connectivity index is 1.74. The van der Waals surface area contributed by atoms with Gasteiger partial charge in [-0.1, -0.05) is 47.5 Å². The highest BCUT2D eigenvalue weighted by Gasteiger charge is 2.18. The van der Waals surface area contributed by atoms with Crippen LogP contribution in [0.4, 0.5) is 5.13 Å².